The number of aromatic nitrogens is 2. The predicted molar refractivity (Wildman–Crippen MR) is 70.0 cm³/mol. The number of hydrogen-bond donors (Lipinski definition) is 1. The Morgan fingerprint density at radius 3 is 2.71 bits per heavy atom. The molecule has 0 fully saturated rings. The highest BCUT2D eigenvalue weighted by Crippen LogP contribution is 2.17. The summed E-state index contributed by atoms with van der Waals surface area (Å²) in [4.78, 5) is 0. The summed E-state index contributed by atoms with van der Waals surface area (Å²) in [5.41, 5.74) is 8.29. The summed E-state index contributed by atoms with van der Waals surface area (Å²) in [5.74, 6) is 0. The summed E-state index contributed by atoms with van der Waals surface area (Å²) < 4.78 is 7.43. The van der Waals surface area contributed by atoms with E-state index in [2.05, 4.69) is 31.9 Å². The maximum atomic E-state index is 6.18. The molecule has 98 valence electrons. The van der Waals surface area contributed by atoms with Gasteiger partial charge in [-0.15, -0.1) is 0 Å². The molecule has 1 atom stereocenters. The van der Waals surface area contributed by atoms with Gasteiger partial charge in [0.15, 0.2) is 0 Å². The van der Waals surface area contributed by atoms with Gasteiger partial charge in [-0.3, -0.25) is 4.68 Å². The molecule has 0 spiro atoms. The van der Waals surface area contributed by atoms with Gasteiger partial charge in [0.05, 0.1) is 11.3 Å². The minimum Gasteiger partial charge on any atom is -0.379 e. The van der Waals surface area contributed by atoms with E-state index in [-0.39, 0.29) is 11.6 Å². The zero-order chi connectivity index (χ0) is 13.1. The highest BCUT2D eigenvalue weighted by molar-refractivity contribution is 5.10. The number of rotatable bonds is 6. The van der Waals surface area contributed by atoms with Crippen molar-refractivity contribution in [3.63, 3.8) is 0 Å². The van der Waals surface area contributed by atoms with E-state index in [0.717, 1.165) is 25.1 Å². The zero-order valence-electron chi connectivity index (χ0n) is 11.7. The summed E-state index contributed by atoms with van der Waals surface area (Å²) in [6.07, 6.45) is 1.69. The fourth-order valence-corrected chi connectivity index (χ4v) is 2.09. The van der Waals surface area contributed by atoms with Crippen LogP contribution in [0.5, 0.6) is 0 Å². The van der Waals surface area contributed by atoms with Crippen LogP contribution in [0.2, 0.25) is 0 Å². The minimum absolute atomic E-state index is 0.103. The van der Waals surface area contributed by atoms with Gasteiger partial charge < -0.3 is 10.5 Å². The first-order chi connectivity index (χ1) is 7.88. The Balaban J connectivity index is 2.64. The van der Waals surface area contributed by atoms with Gasteiger partial charge in [0.25, 0.3) is 0 Å². The smallest absolute Gasteiger partial charge is 0.0637 e. The van der Waals surface area contributed by atoms with Crippen molar-refractivity contribution in [2.75, 3.05) is 7.11 Å². The molecule has 17 heavy (non-hydrogen) atoms. The lowest BCUT2D eigenvalue weighted by molar-refractivity contribution is 0.0101. The quantitative estimate of drug-likeness (QED) is 0.825. The average molecular weight is 239 g/mol. The van der Waals surface area contributed by atoms with Crippen molar-refractivity contribution in [1.29, 1.82) is 0 Å². The molecular weight excluding hydrogens is 214 g/mol. The molecule has 0 bridgehead atoms. The van der Waals surface area contributed by atoms with Crippen LogP contribution in [0.15, 0.2) is 6.07 Å². The van der Waals surface area contributed by atoms with Gasteiger partial charge in [0.2, 0.25) is 0 Å². The van der Waals surface area contributed by atoms with Crippen molar-refractivity contribution < 1.29 is 4.74 Å². The van der Waals surface area contributed by atoms with Crippen molar-refractivity contribution in [3.8, 4) is 0 Å². The van der Waals surface area contributed by atoms with E-state index < -0.39 is 0 Å². The Kier molecular flexibility index (Phi) is 4.71. The Labute approximate surface area is 104 Å². The van der Waals surface area contributed by atoms with Crippen LogP contribution in [0.25, 0.3) is 0 Å². The first kappa shape index (κ1) is 14.2. The van der Waals surface area contributed by atoms with Crippen molar-refractivity contribution >= 4 is 0 Å². The molecule has 0 aliphatic rings. The molecule has 1 aromatic heterocycles. The first-order valence-corrected chi connectivity index (χ1v) is 6.22. The highest BCUT2D eigenvalue weighted by Gasteiger charge is 2.21. The summed E-state index contributed by atoms with van der Waals surface area (Å²) in [6, 6.07) is 2.22. The molecule has 1 aromatic rings. The van der Waals surface area contributed by atoms with Crippen LogP contribution in [-0.4, -0.2) is 28.5 Å². The second-order valence-electron chi connectivity index (χ2n) is 5.22. The van der Waals surface area contributed by atoms with Gasteiger partial charge >= 0.3 is 0 Å². The van der Waals surface area contributed by atoms with Crippen molar-refractivity contribution in [1.82, 2.24) is 9.78 Å². The van der Waals surface area contributed by atoms with Crippen LogP contribution in [0.3, 0.4) is 0 Å². The Bertz CT molecular complexity index is 358. The second-order valence-corrected chi connectivity index (χ2v) is 5.22. The Morgan fingerprint density at radius 2 is 2.18 bits per heavy atom. The lowest BCUT2D eigenvalue weighted by Gasteiger charge is -2.26. The molecule has 0 aliphatic heterocycles. The van der Waals surface area contributed by atoms with Gasteiger partial charge in [-0.2, -0.15) is 5.10 Å². The topological polar surface area (TPSA) is 53.1 Å². The van der Waals surface area contributed by atoms with Crippen LogP contribution < -0.4 is 5.73 Å². The SMILES string of the molecule is CCn1nc(C)cc1CC(N)CC(C)(C)OC. The number of ether oxygens (including phenoxy) is 1. The second kappa shape index (κ2) is 5.65. The third-order valence-corrected chi connectivity index (χ3v) is 3.06. The molecule has 0 amide bonds. The number of nitrogens with two attached hydrogens (primary N) is 1. The lowest BCUT2D eigenvalue weighted by atomic mass is 9.96. The summed E-state index contributed by atoms with van der Waals surface area (Å²) in [6.45, 7) is 9.13. The zero-order valence-corrected chi connectivity index (χ0v) is 11.7. The molecule has 4 heteroatoms. The molecule has 1 heterocycles. The van der Waals surface area contributed by atoms with Crippen LogP contribution in [0.1, 0.15) is 38.6 Å². The van der Waals surface area contributed by atoms with Gasteiger partial charge in [0, 0.05) is 31.8 Å². The molecule has 0 saturated carbocycles. The summed E-state index contributed by atoms with van der Waals surface area (Å²) >= 11 is 0. The van der Waals surface area contributed by atoms with E-state index in [4.69, 9.17) is 10.5 Å². The van der Waals surface area contributed by atoms with Crippen LogP contribution in [0.4, 0.5) is 0 Å². The largest absolute Gasteiger partial charge is 0.379 e. The number of nitrogens with zero attached hydrogens (tertiary/aromatic N) is 2. The highest BCUT2D eigenvalue weighted by atomic mass is 16.5. The van der Waals surface area contributed by atoms with Crippen molar-refractivity contribution in [2.24, 2.45) is 5.73 Å². The molecule has 0 aliphatic carbocycles. The minimum atomic E-state index is -0.161. The fourth-order valence-electron chi connectivity index (χ4n) is 2.09. The van der Waals surface area contributed by atoms with Crippen LogP contribution in [0, 0.1) is 6.92 Å². The summed E-state index contributed by atoms with van der Waals surface area (Å²) in [7, 11) is 1.73. The monoisotopic (exact) mass is 239 g/mol. The van der Waals surface area contributed by atoms with E-state index in [1.54, 1.807) is 7.11 Å². The average Bonchev–Trinajstić information content (AvgIpc) is 2.57. The maximum absolute atomic E-state index is 6.18. The molecule has 4 nitrogen and oxygen atoms in total. The van der Waals surface area contributed by atoms with Gasteiger partial charge in [0.1, 0.15) is 0 Å². The van der Waals surface area contributed by atoms with E-state index in [1.807, 2.05) is 11.6 Å². The number of aryl methyl sites for hydroxylation is 2. The Hall–Kier alpha value is -0.870. The molecule has 0 saturated heterocycles. The molecule has 1 rings (SSSR count). The van der Waals surface area contributed by atoms with Gasteiger partial charge in [-0.25, -0.2) is 0 Å². The number of hydrogen-bond acceptors (Lipinski definition) is 3. The molecule has 0 aromatic carbocycles. The molecule has 1 unspecified atom stereocenters. The third kappa shape index (κ3) is 4.13. The van der Waals surface area contributed by atoms with Gasteiger partial charge in [-0.05, 0) is 40.2 Å². The van der Waals surface area contributed by atoms with Crippen molar-refractivity contribution in [2.45, 2.75) is 58.7 Å². The fraction of sp³-hybridized carbons (Fsp3) is 0.769. The lowest BCUT2D eigenvalue weighted by Crippen LogP contribution is -2.35. The van der Waals surface area contributed by atoms with Gasteiger partial charge in [-0.1, -0.05) is 0 Å². The molecule has 2 N–H and O–H groups in total. The van der Waals surface area contributed by atoms with E-state index >= 15 is 0 Å². The molecule has 0 radical (unpaired) electrons. The predicted octanol–water partition coefficient (Wildman–Crippen LogP) is 1.90. The van der Waals surface area contributed by atoms with Crippen molar-refractivity contribution in [3.05, 3.63) is 17.5 Å². The van der Waals surface area contributed by atoms with E-state index in [1.165, 1.54) is 5.69 Å². The normalized spacial score (nSPS) is 14.0. The number of methoxy groups -OCH3 is 1. The van der Waals surface area contributed by atoms with E-state index in [0.29, 0.717) is 0 Å². The summed E-state index contributed by atoms with van der Waals surface area (Å²) in [5, 5.41) is 4.43. The van der Waals surface area contributed by atoms with Crippen LogP contribution in [-0.2, 0) is 17.7 Å². The maximum Gasteiger partial charge on any atom is 0.0637 e. The first-order valence-electron chi connectivity index (χ1n) is 6.22. The van der Waals surface area contributed by atoms with E-state index in [9.17, 15) is 0 Å². The van der Waals surface area contributed by atoms with Crippen LogP contribution >= 0.6 is 0 Å². The Morgan fingerprint density at radius 1 is 1.53 bits per heavy atom. The molecular formula is C13H25N3O. The standard InChI is InChI=1S/C13H25N3O/c1-6-16-12(7-10(2)15-16)8-11(14)9-13(3,4)17-5/h7,11H,6,8-9,14H2,1-5H3. The third-order valence-electron chi connectivity index (χ3n) is 3.06.